The molecule has 0 bridgehead atoms. The number of benzene rings is 2. The minimum absolute atomic E-state index is 0.304. The summed E-state index contributed by atoms with van der Waals surface area (Å²) in [4.78, 5) is 13.0. The lowest BCUT2D eigenvalue weighted by atomic mass is 10.1. The number of aryl methyl sites for hydroxylation is 1. The summed E-state index contributed by atoms with van der Waals surface area (Å²) in [5, 5.41) is 7.62. The molecule has 0 radical (unpaired) electrons. The molecule has 2 heterocycles. The Morgan fingerprint density at radius 3 is 2.59 bits per heavy atom. The zero-order chi connectivity index (χ0) is 20.5. The van der Waals surface area contributed by atoms with E-state index in [1.807, 2.05) is 31.2 Å². The predicted molar refractivity (Wildman–Crippen MR) is 111 cm³/mol. The zero-order valence-corrected chi connectivity index (χ0v) is 17.2. The molecule has 150 valence electrons. The Morgan fingerprint density at radius 2 is 1.86 bits per heavy atom. The fourth-order valence-electron chi connectivity index (χ4n) is 3.39. The summed E-state index contributed by atoms with van der Waals surface area (Å²) in [6, 6.07) is 12.8. The number of hydrogen-bond acceptors (Lipinski definition) is 5. The Hall–Kier alpha value is -3.13. The van der Waals surface area contributed by atoms with Crippen LogP contribution in [0.4, 0.5) is 5.82 Å². The fraction of sp³-hybridized carbons (Fsp3) is 0.238. The van der Waals surface area contributed by atoms with E-state index < -0.39 is 10.8 Å². The quantitative estimate of drug-likeness (QED) is 0.697. The van der Waals surface area contributed by atoms with Gasteiger partial charge in [-0.3, -0.25) is 9.00 Å². The van der Waals surface area contributed by atoms with Gasteiger partial charge in [-0.2, -0.15) is 5.10 Å². The first-order valence-electron chi connectivity index (χ1n) is 9.07. The second-order valence-electron chi connectivity index (χ2n) is 6.72. The molecule has 0 aliphatic carbocycles. The van der Waals surface area contributed by atoms with Crippen LogP contribution < -0.4 is 14.8 Å². The van der Waals surface area contributed by atoms with Gasteiger partial charge in [0.25, 0.3) is 5.91 Å². The van der Waals surface area contributed by atoms with Gasteiger partial charge in [0, 0.05) is 21.9 Å². The van der Waals surface area contributed by atoms with Gasteiger partial charge in [-0.1, -0.05) is 18.2 Å². The third-order valence-electron chi connectivity index (χ3n) is 4.89. The van der Waals surface area contributed by atoms with Gasteiger partial charge in [-0.25, -0.2) is 4.68 Å². The Kier molecular flexibility index (Phi) is 5.10. The number of anilines is 1. The zero-order valence-electron chi connectivity index (χ0n) is 16.4. The normalized spacial score (nSPS) is 15.1. The molecule has 1 aliphatic rings. The van der Waals surface area contributed by atoms with E-state index in [4.69, 9.17) is 9.47 Å². The first-order chi connectivity index (χ1) is 14.0. The molecule has 1 atom stereocenters. The lowest BCUT2D eigenvalue weighted by molar-refractivity contribution is 0.102. The third-order valence-corrected chi connectivity index (χ3v) is 6.10. The average Bonchev–Trinajstić information content (AvgIpc) is 3.24. The molecule has 0 saturated carbocycles. The third kappa shape index (κ3) is 3.51. The molecule has 1 aliphatic heterocycles. The average molecular weight is 411 g/mol. The van der Waals surface area contributed by atoms with Gasteiger partial charge in [0.15, 0.2) is 11.5 Å². The van der Waals surface area contributed by atoms with E-state index >= 15 is 0 Å². The lowest BCUT2D eigenvalue weighted by Crippen LogP contribution is -2.17. The molecule has 7 nitrogen and oxygen atoms in total. The van der Waals surface area contributed by atoms with Crippen molar-refractivity contribution in [2.75, 3.05) is 19.5 Å². The van der Waals surface area contributed by atoms with Crippen LogP contribution in [-0.4, -0.2) is 34.1 Å². The van der Waals surface area contributed by atoms with Gasteiger partial charge in [0.1, 0.15) is 5.82 Å². The smallest absolute Gasteiger partial charge is 0.256 e. The number of rotatable bonds is 5. The predicted octanol–water partition coefficient (Wildman–Crippen LogP) is 3.21. The Balaban J connectivity index is 1.74. The SMILES string of the molecule is COc1ccc(C(=O)Nc2c3c(nn2-c2ccccc2C)C[S@](=O)C3)cc1OC. The Labute approximate surface area is 171 Å². The second-order valence-corrected chi connectivity index (χ2v) is 8.18. The molecule has 0 fully saturated rings. The number of nitrogens with zero attached hydrogens (tertiary/aromatic N) is 2. The van der Waals surface area contributed by atoms with Crippen molar-refractivity contribution in [2.45, 2.75) is 18.4 Å². The highest BCUT2D eigenvalue weighted by molar-refractivity contribution is 7.83. The van der Waals surface area contributed by atoms with Crippen molar-refractivity contribution in [1.82, 2.24) is 9.78 Å². The lowest BCUT2D eigenvalue weighted by Gasteiger charge is -2.14. The number of nitrogens with one attached hydrogen (secondary N) is 1. The molecule has 2 aromatic carbocycles. The second kappa shape index (κ2) is 7.71. The van der Waals surface area contributed by atoms with Crippen LogP contribution in [0.2, 0.25) is 0 Å². The molecule has 0 saturated heterocycles. The molecule has 0 unspecified atom stereocenters. The molecule has 1 amide bonds. The topological polar surface area (TPSA) is 82.5 Å². The van der Waals surface area contributed by atoms with Crippen molar-refractivity contribution in [2.24, 2.45) is 0 Å². The van der Waals surface area contributed by atoms with Gasteiger partial charge < -0.3 is 14.8 Å². The van der Waals surface area contributed by atoms with Crippen molar-refractivity contribution in [3.05, 3.63) is 64.8 Å². The number of carbonyl (C=O) groups is 1. The monoisotopic (exact) mass is 411 g/mol. The van der Waals surface area contributed by atoms with Gasteiger partial charge in [0.05, 0.1) is 37.1 Å². The van der Waals surface area contributed by atoms with Crippen molar-refractivity contribution < 1.29 is 18.5 Å². The number of carbonyl (C=O) groups excluding carboxylic acids is 1. The van der Waals surface area contributed by atoms with Crippen LogP contribution >= 0.6 is 0 Å². The van der Waals surface area contributed by atoms with Crippen molar-refractivity contribution in [3.63, 3.8) is 0 Å². The van der Waals surface area contributed by atoms with Crippen LogP contribution in [0, 0.1) is 6.92 Å². The summed E-state index contributed by atoms with van der Waals surface area (Å²) in [7, 11) is 2.07. The van der Waals surface area contributed by atoms with Crippen molar-refractivity contribution in [3.8, 4) is 17.2 Å². The first kappa shape index (κ1) is 19.2. The minimum atomic E-state index is -1.00. The van der Waals surface area contributed by atoms with E-state index in [2.05, 4.69) is 10.4 Å². The van der Waals surface area contributed by atoms with Crippen LogP contribution in [0.25, 0.3) is 5.69 Å². The number of para-hydroxylation sites is 1. The minimum Gasteiger partial charge on any atom is -0.493 e. The maximum atomic E-state index is 13.0. The van der Waals surface area contributed by atoms with Crippen molar-refractivity contribution >= 4 is 22.5 Å². The molecule has 3 aromatic rings. The van der Waals surface area contributed by atoms with E-state index in [0.717, 1.165) is 22.5 Å². The van der Waals surface area contributed by atoms with Gasteiger partial charge >= 0.3 is 0 Å². The summed E-state index contributed by atoms with van der Waals surface area (Å²) < 4.78 is 24.3. The van der Waals surface area contributed by atoms with E-state index in [1.54, 1.807) is 30.0 Å². The van der Waals surface area contributed by atoms with E-state index in [0.29, 0.717) is 34.4 Å². The molecule has 29 heavy (non-hydrogen) atoms. The molecule has 1 N–H and O–H groups in total. The number of fused-ring (bicyclic) bond motifs is 1. The van der Waals surface area contributed by atoms with Crippen LogP contribution in [0.15, 0.2) is 42.5 Å². The Bertz CT molecular complexity index is 1120. The van der Waals surface area contributed by atoms with Crippen LogP contribution in [-0.2, 0) is 22.3 Å². The van der Waals surface area contributed by atoms with Gasteiger partial charge in [-0.15, -0.1) is 0 Å². The van der Waals surface area contributed by atoms with Crippen LogP contribution in [0.5, 0.6) is 11.5 Å². The molecule has 8 heteroatoms. The fourth-order valence-corrected chi connectivity index (χ4v) is 4.65. The summed E-state index contributed by atoms with van der Waals surface area (Å²) >= 11 is 0. The van der Waals surface area contributed by atoms with Crippen LogP contribution in [0.3, 0.4) is 0 Å². The summed E-state index contributed by atoms with van der Waals surface area (Å²) in [6.45, 7) is 1.99. The number of hydrogen-bond donors (Lipinski definition) is 1. The molecular weight excluding hydrogens is 390 g/mol. The maximum Gasteiger partial charge on any atom is 0.256 e. The molecule has 1 aromatic heterocycles. The van der Waals surface area contributed by atoms with E-state index in [-0.39, 0.29) is 5.91 Å². The number of ether oxygens (including phenoxy) is 2. The van der Waals surface area contributed by atoms with Crippen molar-refractivity contribution in [1.29, 1.82) is 0 Å². The number of amides is 1. The Morgan fingerprint density at radius 1 is 1.10 bits per heavy atom. The summed E-state index contributed by atoms with van der Waals surface area (Å²) in [5.41, 5.74) is 3.90. The molecular formula is C21H21N3O4S. The van der Waals surface area contributed by atoms with E-state index in [1.165, 1.54) is 7.11 Å². The van der Waals surface area contributed by atoms with Crippen LogP contribution in [0.1, 0.15) is 27.2 Å². The largest absolute Gasteiger partial charge is 0.493 e. The highest BCUT2D eigenvalue weighted by atomic mass is 32.2. The maximum absolute atomic E-state index is 13.0. The van der Waals surface area contributed by atoms with E-state index in [9.17, 15) is 9.00 Å². The number of aromatic nitrogens is 2. The molecule has 0 spiro atoms. The summed E-state index contributed by atoms with van der Waals surface area (Å²) in [6.07, 6.45) is 0. The number of methoxy groups -OCH3 is 2. The highest BCUT2D eigenvalue weighted by Gasteiger charge is 2.29. The standard InChI is InChI=1S/C21H21N3O4S/c1-13-6-4-5-7-17(13)24-20(15-11-29(26)12-16(15)23-24)22-21(25)14-8-9-18(27-2)19(10-14)28-3/h4-10H,11-12H2,1-3H3,(H,22,25)/t29-/m1/s1. The van der Waals surface area contributed by atoms with Gasteiger partial charge in [-0.05, 0) is 36.8 Å². The summed E-state index contributed by atoms with van der Waals surface area (Å²) in [5.74, 6) is 2.04. The first-order valence-corrected chi connectivity index (χ1v) is 10.6. The highest BCUT2D eigenvalue weighted by Crippen LogP contribution is 2.33. The molecule has 4 rings (SSSR count). The van der Waals surface area contributed by atoms with Gasteiger partial charge in [0.2, 0.25) is 0 Å².